The molecule has 1 fully saturated rings. The summed E-state index contributed by atoms with van der Waals surface area (Å²) in [4.78, 5) is 0. The Bertz CT molecular complexity index is 297. The first-order chi connectivity index (χ1) is 6.86. The third-order valence-electron chi connectivity index (χ3n) is 2.25. The van der Waals surface area contributed by atoms with Gasteiger partial charge in [0.1, 0.15) is 11.9 Å². The Hall–Kier alpha value is -0.540. The van der Waals surface area contributed by atoms with E-state index in [1.165, 1.54) is 0 Å². The molecule has 0 bridgehead atoms. The highest BCUT2D eigenvalue weighted by atomic mass is 79.9. The number of rotatable bonds is 2. The fourth-order valence-corrected chi connectivity index (χ4v) is 1.89. The lowest BCUT2D eigenvalue weighted by Gasteiger charge is -2.24. The SMILES string of the molecule is Brc1ccccc1OC1CC[CH]NC1. The van der Waals surface area contributed by atoms with Gasteiger partial charge in [0, 0.05) is 13.1 Å². The largest absolute Gasteiger partial charge is 0.488 e. The standard InChI is InChI=1S/C11H13BrNO/c12-10-5-1-2-6-11(10)14-9-4-3-7-13-8-9/h1-2,5-7,9,13H,3-4,8H2. The molecule has 0 saturated carbocycles. The quantitative estimate of drug-likeness (QED) is 0.877. The van der Waals surface area contributed by atoms with Crippen molar-refractivity contribution in [1.29, 1.82) is 0 Å². The third kappa shape index (κ3) is 2.49. The molecule has 1 aromatic carbocycles. The van der Waals surface area contributed by atoms with E-state index in [-0.39, 0.29) is 0 Å². The van der Waals surface area contributed by atoms with E-state index in [4.69, 9.17) is 4.74 Å². The molecule has 1 radical (unpaired) electrons. The molecular formula is C11H13BrNO. The number of ether oxygens (including phenoxy) is 1. The fraction of sp³-hybridized carbons (Fsp3) is 0.364. The molecule has 0 aromatic heterocycles. The van der Waals surface area contributed by atoms with Gasteiger partial charge in [-0.15, -0.1) is 0 Å². The predicted molar refractivity (Wildman–Crippen MR) is 60.1 cm³/mol. The molecule has 1 aliphatic rings. The van der Waals surface area contributed by atoms with Gasteiger partial charge in [-0.1, -0.05) is 12.1 Å². The highest BCUT2D eigenvalue weighted by Crippen LogP contribution is 2.26. The Kier molecular flexibility index (Phi) is 3.43. The van der Waals surface area contributed by atoms with E-state index >= 15 is 0 Å². The number of hydrogen-bond donors (Lipinski definition) is 1. The monoisotopic (exact) mass is 254 g/mol. The molecule has 1 atom stereocenters. The van der Waals surface area contributed by atoms with Gasteiger partial charge in [0.2, 0.25) is 0 Å². The van der Waals surface area contributed by atoms with E-state index in [0.717, 1.165) is 29.6 Å². The summed E-state index contributed by atoms with van der Waals surface area (Å²) in [5.41, 5.74) is 0. The second-order valence-corrected chi connectivity index (χ2v) is 4.21. The van der Waals surface area contributed by atoms with Crippen molar-refractivity contribution in [2.24, 2.45) is 0 Å². The second kappa shape index (κ2) is 4.80. The summed E-state index contributed by atoms with van der Waals surface area (Å²) in [5, 5.41) is 3.21. The normalized spacial score (nSPS) is 21.9. The van der Waals surface area contributed by atoms with Gasteiger partial charge in [-0.25, -0.2) is 0 Å². The van der Waals surface area contributed by atoms with Crippen molar-refractivity contribution in [3.8, 4) is 5.75 Å². The average molecular weight is 255 g/mol. The number of piperidine rings is 1. The van der Waals surface area contributed by atoms with Crippen molar-refractivity contribution in [2.75, 3.05) is 6.54 Å². The average Bonchev–Trinajstić information content (AvgIpc) is 2.23. The van der Waals surface area contributed by atoms with Crippen LogP contribution in [0.25, 0.3) is 0 Å². The smallest absolute Gasteiger partial charge is 0.133 e. The van der Waals surface area contributed by atoms with Gasteiger partial charge >= 0.3 is 0 Å². The van der Waals surface area contributed by atoms with Gasteiger partial charge in [-0.3, -0.25) is 0 Å². The van der Waals surface area contributed by atoms with Crippen LogP contribution in [0.2, 0.25) is 0 Å². The van der Waals surface area contributed by atoms with Crippen LogP contribution >= 0.6 is 15.9 Å². The van der Waals surface area contributed by atoms with Crippen LogP contribution in [0.15, 0.2) is 28.7 Å². The highest BCUT2D eigenvalue weighted by Gasteiger charge is 2.15. The van der Waals surface area contributed by atoms with Crippen LogP contribution < -0.4 is 10.1 Å². The number of para-hydroxylation sites is 1. The molecule has 0 aliphatic carbocycles. The van der Waals surface area contributed by atoms with Crippen molar-refractivity contribution in [1.82, 2.24) is 5.32 Å². The summed E-state index contributed by atoms with van der Waals surface area (Å²) in [5.74, 6) is 0.932. The van der Waals surface area contributed by atoms with Crippen LogP contribution in [0.4, 0.5) is 0 Å². The van der Waals surface area contributed by atoms with Crippen LogP contribution in [0.5, 0.6) is 5.75 Å². The molecule has 0 amide bonds. The summed E-state index contributed by atoms with van der Waals surface area (Å²) in [6.45, 7) is 3.00. The fourth-order valence-electron chi connectivity index (χ4n) is 1.51. The van der Waals surface area contributed by atoms with Crippen LogP contribution in [-0.4, -0.2) is 12.6 Å². The number of benzene rings is 1. The maximum Gasteiger partial charge on any atom is 0.133 e. The predicted octanol–water partition coefficient (Wildman–Crippen LogP) is 2.74. The third-order valence-corrected chi connectivity index (χ3v) is 2.91. The van der Waals surface area contributed by atoms with E-state index in [1.54, 1.807) is 0 Å². The van der Waals surface area contributed by atoms with E-state index < -0.39 is 0 Å². The maximum absolute atomic E-state index is 5.86. The Morgan fingerprint density at radius 2 is 2.21 bits per heavy atom. The van der Waals surface area contributed by atoms with Crippen LogP contribution in [-0.2, 0) is 0 Å². The van der Waals surface area contributed by atoms with Crippen molar-refractivity contribution in [3.63, 3.8) is 0 Å². The number of halogens is 1. The highest BCUT2D eigenvalue weighted by molar-refractivity contribution is 9.10. The van der Waals surface area contributed by atoms with Crippen LogP contribution in [0, 0.1) is 6.54 Å². The Balaban J connectivity index is 1.99. The first kappa shape index (κ1) is 9.99. The van der Waals surface area contributed by atoms with E-state index in [2.05, 4.69) is 27.8 Å². The van der Waals surface area contributed by atoms with Gasteiger partial charge in [0.15, 0.2) is 0 Å². The van der Waals surface area contributed by atoms with Gasteiger partial charge < -0.3 is 10.1 Å². The van der Waals surface area contributed by atoms with Gasteiger partial charge in [0.25, 0.3) is 0 Å². The summed E-state index contributed by atoms with van der Waals surface area (Å²) in [6.07, 6.45) is 2.46. The molecule has 2 rings (SSSR count). The molecule has 2 nitrogen and oxygen atoms in total. The zero-order chi connectivity index (χ0) is 9.80. The number of nitrogens with one attached hydrogen (secondary N) is 1. The molecule has 1 aromatic rings. The van der Waals surface area contributed by atoms with Crippen molar-refractivity contribution < 1.29 is 4.74 Å². The Labute approximate surface area is 92.8 Å². The lowest BCUT2D eigenvalue weighted by atomic mass is 10.1. The molecule has 14 heavy (non-hydrogen) atoms. The topological polar surface area (TPSA) is 21.3 Å². The summed E-state index contributed by atoms with van der Waals surface area (Å²) < 4.78 is 6.88. The first-order valence-electron chi connectivity index (χ1n) is 4.82. The molecule has 1 unspecified atom stereocenters. The lowest BCUT2D eigenvalue weighted by Crippen LogP contribution is -2.34. The van der Waals surface area contributed by atoms with Crippen molar-refractivity contribution >= 4 is 15.9 Å². The molecule has 1 heterocycles. The van der Waals surface area contributed by atoms with Gasteiger partial charge in [-0.05, 0) is 40.9 Å². The summed E-state index contributed by atoms with van der Waals surface area (Å²) in [6, 6.07) is 7.96. The lowest BCUT2D eigenvalue weighted by molar-refractivity contribution is 0.175. The minimum atomic E-state index is 0.290. The van der Waals surface area contributed by atoms with Crippen LogP contribution in [0.1, 0.15) is 12.8 Å². The second-order valence-electron chi connectivity index (χ2n) is 3.36. The van der Waals surface area contributed by atoms with E-state index in [9.17, 15) is 0 Å². The van der Waals surface area contributed by atoms with Crippen LogP contribution in [0.3, 0.4) is 0 Å². The first-order valence-corrected chi connectivity index (χ1v) is 5.62. The minimum Gasteiger partial charge on any atom is -0.488 e. The summed E-state index contributed by atoms with van der Waals surface area (Å²) >= 11 is 3.47. The zero-order valence-electron chi connectivity index (χ0n) is 7.87. The molecular weight excluding hydrogens is 242 g/mol. The van der Waals surface area contributed by atoms with Gasteiger partial charge in [-0.2, -0.15) is 0 Å². The minimum absolute atomic E-state index is 0.290. The van der Waals surface area contributed by atoms with Gasteiger partial charge in [0.05, 0.1) is 4.47 Å². The molecule has 3 heteroatoms. The van der Waals surface area contributed by atoms with E-state index in [0.29, 0.717) is 6.10 Å². The Morgan fingerprint density at radius 3 is 2.93 bits per heavy atom. The Morgan fingerprint density at radius 1 is 1.36 bits per heavy atom. The molecule has 1 N–H and O–H groups in total. The maximum atomic E-state index is 5.86. The number of hydrogen-bond acceptors (Lipinski definition) is 2. The molecule has 0 spiro atoms. The van der Waals surface area contributed by atoms with Crippen molar-refractivity contribution in [2.45, 2.75) is 18.9 Å². The molecule has 75 valence electrons. The zero-order valence-corrected chi connectivity index (χ0v) is 9.46. The van der Waals surface area contributed by atoms with Crippen molar-refractivity contribution in [3.05, 3.63) is 35.3 Å². The van der Waals surface area contributed by atoms with E-state index in [1.807, 2.05) is 24.3 Å². The molecule has 1 saturated heterocycles. The molecule has 1 aliphatic heterocycles. The summed E-state index contributed by atoms with van der Waals surface area (Å²) in [7, 11) is 0.